The molecule has 0 amide bonds. The Bertz CT molecular complexity index is 1230. The van der Waals surface area contributed by atoms with E-state index in [2.05, 4.69) is 65.9 Å². The first kappa shape index (κ1) is 38.8. The summed E-state index contributed by atoms with van der Waals surface area (Å²) in [7, 11) is 2.84. The van der Waals surface area contributed by atoms with Gasteiger partial charge in [-0.05, 0) is 92.8 Å². The maximum absolute atomic E-state index is 14.6. The summed E-state index contributed by atoms with van der Waals surface area (Å²) in [5.41, 5.74) is 0.795. The minimum absolute atomic E-state index is 0.0336. The third-order valence-electron chi connectivity index (χ3n) is 12.9. The maximum atomic E-state index is 14.6. The molecule has 0 spiro atoms. The molecule has 5 aliphatic rings. The Morgan fingerprint density at radius 1 is 0.918 bits per heavy atom. The van der Waals surface area contributed by atoms with Crippen LogP contribution in [0.2, 0.25) is 18.1 Å². The number of carbonyl (C=O) groups is 2. The van der Waals surface area contributed by atoms with Crippen LogP contribution in [0.15, 0.2) is 23.8 Å². The van der Waals surface area contributed by atoms with Crippen LogP contribution >= 0.6 is 0 Å². The molecule has 1 saturated carbocycles. The SMILES string of the molecule is CC[C@H]1CCC[C@H](O[Si](C)(C)C(C)(C)C)[C@@H](C)C(=O)C2=C[C@@H]3[C@@H](C=C[C@@H]4C[C@@H](O[C@@H]5O[C@H](C)[C@H](OC)[C@H](OC)[C@H]5OC)C[C@@H]34)[C@@H]2CC(=O)O1. The molecule has 2 saturated heterocycles. The third kappa shape index (κ3) is 8.01. The summed E-state index contributed by atoms with van der Waals surface area (Å²) < 4.78 is 43.4. The summed E-state index contributed by atoms with van der Waals surface area (Å²) in [6, 6.07) is 0. The summed E-state index contributed by atoms with van der Waals surface area (Å²) in [5, 5.41) is 0.0336. The molecule has 3 fully saturated rings. The molecule has 10 heteroatoms. The van der Waals surface area contributed by atoms with Crippen LogP contribution in [0, 0.1) is 35.5 Å². The Balaban J connectivity index is 1.39. The number of allylic oxidation sites excluding steroid dienone is 4. The van der Waals surface area contributed by atoms with Crippen molar-refractivity contribution in [2.75, 3.05) is 21.3 Å². The lowest BCUT2D eigenvalue weighted by Gasteiger charge is -2.44. The number of esters is 1. The number of methoxy groups -OCH3 is 3. The van der Waals surface area contributed by atoms with Crippen LogP contribution in [0.5, 0.6) is 0 Å². The van der Waals surface area contributed by atoms with Crippen molar-refractivity contribution < 1.29 is 42.4 Å². The fourth-order valence-electron chi connectivity index (χ4n) is 9.02. The second kappa shape index (κ2) is 15.7. The van der Waals surface area contributed by atoms with Gasteiger partial charge in [0.25, 0.3) is 0 Å². The molecule has 0 aromatic heterocycles. The lowest BCUT2D eigenvalue weighted by atomic mass is 9.70. The number of ketones is 1. The van der Waals surface area contributed by atoms with Crippen LogP contribution in [-0.2, 0) is 42.4 Å². The molecule has 0 aromatic rings. The van der Waals surface area contributed by atoms with Gasteiger partial charge in [-0.3, -0.25) is 9.59 Å². The molecular formula is C39H64O9Si. The molecule has 2 aliphatic heterocycles. The first-order valence-electron chi connectivity index (χ1n) is 18.8. The molecular weight excluding hydrogens is 641 g/mol. The van der Waals surface area contributed by atoms with Crippen molar-refractivity contribution in [1.29, 1.82) is 0 Å². The van der Waals surface area contributed by atoms with E-state index >= 15 is 0 Å². The van der Waals surface area contributed by atoms with Crippen molar-refractivity contribution in [3.8, 4) is 0 Å². The van der Waals surface area contributed by atoms with E-state index in [1.54, 1.807) is 21.3 Å². The number of hydrogen-bond acceptors (Lipinski definition) is 9. The highest BCUT2D eigenvalue weighted by molar-refractivity contribution is 6.74. The molecule has 0 aromatic carbocycles. The minimum Gasteiger partial charge on any atom is -0.462 e. The molecule has 49 heavy (non-hydrogen) atoms. The van der Waals surface area contributed by atoms with Crippen LogP contribution in [0.25, 0.3) is 0 Å². The summed E-state index contributed by atoms with van der Waals surface area (Å²) in [5.74, 6) is 0.262. The van der Waals surface area contributed by atoms with Gasteiger partial charge in [-0.2, -0.15) is 0 Å². The highest BCUT2D eigenvalue weighted by Gasteiger charge is 2.53. The van der Waals surface area contributed by atoms with E-state index in [1.165, 1.54) is 0 Å². The molecule has 0 radical (unpaired) electrons. The number of carbonyl (C=O) groups excluding carboxylic acids is 2. The molecule has 3 aliphatic carbocycles. The predicted octanol–water partition coefficient (Wildman–Crippen LogP) is 7.04. The highest BCUT2D eigenvalue weighted by Crippen LogP contribution is 2.54. The topological polar surface area (TPSA) is 98.8 Å². The van der Waals surface area contributed by atoms with Crippen molar-refractivity contribution in [3.05, 3.63) is 23.8 Å². The predicted molar refractivity (Wildman–Crippen MR) is 190 cm³/mol. The summed E-state index contributed by atoms with van der Waals surface area (Å²) in [6.07, 6.45) is 9.81. The molecule has 0 bridgehead atoms. The van der Waals surface area contributed by atoms with Gasteiger partial charge < -0.3 is 32.8 Å². The smallest absolute Gasteiger partial charge is 0.306 e. The van der Waals surface area contributed by atoms with Gasteiger partial charge in [0.1, 0.15) is 24.4 Å². The average molecular weight is 705 g/mol. The largest absolute Gasteiger partial charge is 0.462 e. The molecule has 0 unspecified atom stereocenters. The van der Waals surface area contributed by atoms with Crippen LogP contribution in [0.4, 0.5) is 0 Å². The number of rotatable bonds is 8. The van der Waals surface area contributed by atoms with Gasteiger partial charge in [0, 0.05) is 33.2 Å². The van der Waals surface area contributed by atoms with E-state index in [1.807, 2.05) is 6.92 Å². The zero-order valence-corrected chi connectivity index (χ0v) is 32.9. The van der Waals surface area contributed by atoms with Crippen molar-refractivity contribution in [2.24, 2.45) is 35.5 Å². The number of ether oxygens (including phenoxy) is 6. The molecule has 9 nitrogen and oxygen atoms in total. The zero-order chi connectivity index (χ0) is 35.8. The average Bonchev–Trinajstić information content (AvgIpc) is 3.62. The monoisotopic (exact) mass is 704 g/mol. The second-order valence-electron chi connectivity index (χ2n) is 16.9. The lowest BCUT2D eigenvalue weighted by Crippen LogP contribution is -2.59. The van der Waals surface area contributed by atoms with Crippen molar-refractivity contribution in [3.63, 3.8) is 0 Å². The van der Waals surface area contributed by atoms with E-state index in [0.29, 0.717) is 11.8 Å². The first-order valence-corrected chi connectivity index (χ1v) is 21.8. The Kier molecular flexibility index (Phi) is 12.4. The normalized spacial score (nSPS) is 42.0. The summed E-state index contributed by atoms with van der Waals surface area (Å²) in [4.78, 5) is 28.1. The molecule has 0 N–H and O–H groups in total. The Labute approximate surface area is 296 Å². The van der Waals surface area contributed by atoms with Gasteiger partial charge in [0.15, 0.2) is 20.4 Å². The van der Waals surface area contributed by atoms with Crippen LogP contribution < -0.4 is 0 Å². The van der Waals surface area contributed by atoms with E-state index < -0.39 is 20.7 Å². The van der Waals surface area contributed by atoms with Crippen LogP contribution in [0.3, 0.4) is 0 Å². The second-order valence-corrected chi connectivity index (χ2v) is 21.6. The van der Waals surface area contributed by atoms with Crippen molar-refractivity contribution in [1.82, 2.24) is 0 Å². The fourth-order valence-corrected chi connectivity index (χ4v) is 10.4. The van der Waals surface area contributed by atoms with Gasteiger partial charge in [-0.15, -0.1) is 0 Å². The van der Waals surface area contributed by atoms with Gasteiger partial charge in [0.05, 0.1) is 24.7 Å². The third-order valence-corrected chi connectivity index (χ3v) is 17.4. The minimum atomic E-state index is -2.14. The van der Waals surface area contributed by atoms with E-state index in [-0.39, 0.29) is 83.5 Å². The highest BCUT2D eigenvalue weighted by atomic mass is 28.4. The van der Waals surface area contributed by atoms with Gasteiger partial charge in [-0.25, -0.2) is 0 Å². The van der Waals surface area contributed by atoms with Crippen molar-refractivity contribution >= 4 is 20.1 Å². The van der Waals surface area contributed by atoms with E-state index in [4.69, 9.17) is 32.8 Å². The summed E-state index contributed by atoms with van der Waals surface area (Å²) >= 11 is 0. The van der Waals surface area contributed by atoms with Gasteiger partial charge >= 0.3 is 5.97 Å². The first-order chi connectivity index (χ1) is 23.1. The van der Waals surface area contributed by atoms with Gasteiger partial charge in [-0.1, -0.05) is 52.8 Å². The quantitative estimate of drug-likeness (QED) is 0.150. The number of fused-ring (bicyclic) bond motifs is 5. The number of cyclic esters (lactones) is 1. The Morgan fingerprint density at radius 3 is 2.24 bits per heavy atom. The zero-order valence-electron chi connectivity index (χ0n) is 31.9. The van der Waals surface area contributed by atoms with E-state index in [9.17, 15) is 9.59 Å². The van der Waals surface area contributed by atoms with Crippen LogP contribution in [-0.4, -0.2) is 90.4 Å². The fraction of sp³-hybridized carbons (Fsp3) is 0.846. The van der Waals surface area contributed by atoms with Crippen molar-refractivity contribution in [2.45, 2.75) is 154 Å². The molecule has 14 atom stereocenters. The lowest BCUT2D eigenvalue weighted by molar-refractivity contribution is -0.314. The number of hydrogen-bond donors (Lipinski definition) is 0. The molecule has 2 heterocycles. The summed E-state index contributed by atoms with van der Waals surface area (Å²) in [6.45, 7) is 17.4. The van der Waals surface area contributed by atoms with E-state index in [0.717, 1.165) is 44.1 Å². The van der Waals surface area contributed by atoms with Gasteiger partial charge in [0.2, 0.25) is 0 Å². The Hall–Kier alpha value is -1.40. The maximum Gasteiger partial charge on any atom is 0.306 e. The Morgan fingerprint density at radius 2 is 1.61 bits per heavy atom. The standard InChI is InChI=1S/C39H64O9Si/c1-12-25-14-13-15-32(48-49(10,11)39(4,5)6)22(2)34(41)31-20-29-27(30(31)21-33(40)46-25)17-16-24-18-26(19-28(24)29)47-38-37(44-9)36(43-8)35(42-7)23(3)45-38/h16-17,20,22-30,32,35-38H,12-15,18-19,21H2,1-11H3/t22-,23-,24-,25+,26-,27-,28-,29-,30+,32+,35+,36+,37-,38+/m1/s1. The van der Waals surface area contributed by atoms with Crippen LogP contribution in [0.1, 0.15) is 86.5 Å². The number of Topliss-reactive ketones (excluding diaryl/α,β-unsaturated/α-hetero) is 1. The molecule has 278 valence electrons. The molecule has 5 rings (SSSR count).